The van der Waals surface area contributed by atoms with Crippen LogP contribution in [0.4, 0.5) is 0 Å². The third-order valence-electron chi connectivity index (χ3n) is 1.55. The van der Waals surface area contributed by atoms with Crippen LogP contribution in [-0.2, 0) is 0 Å². The molecule has 0 aromatic rings. The van der Waals surface area contributed by atoms with E-state index in [1.165, 1.54) is 24.3 Å². The summed E-state index contributed by atoms with van der Waals surface area (Å²) in [5.74, 6) is 2.83. The van der Waals surface area contributed by atoms with E-state index in [2.05, 4.69) is 17.1 Å². The van der Waals surface area contributed by atoms with Gasteiger partial charge in [-0.15, -0.1) is 0 Å². The summed E-state index contributed by atoms with van der Waals surface area (Å²) in [6.07, 6.45) is 14.5. The highest BCUT2D eigenvalue weighted by atomic mass is 32.2. The van der Waals surface area contributed by atoms with Crippen molar-refractivity contribution in [3.63, 3.8) is 0 Å². The van der Waals surface area contributed by atoms with Crippen LogP contribution in [0.5, 0.6) is 0 Å². The quantitative estimate of drug-likeness (QED) is 0.616. The Labute approximate surface area is 78.6 Å². The van der Waals surface area contributed by atoms with Crippen molar-refractivity contribution in [2.45, 2.75) is 12.8 Å². The van der Waals surface area contributed by atoms with Gasteiger partial charge in [0.25, 0.3) is 0 Å². The molecule has 2 heteroatoms. The smallest absolute Gasteiger partial charge is 0.000442 e. The number of thioether (sulfide) groups is 1. The summed E-state index contributed by atoms with van der Waals surface area (Å²) in [5, 5.41) is 2.92. The molecule has 2 aliphatic rings. The van der Waals surface area contributed by atoms with Crippen molar-refractivity contribution < 1.29 is 0 Å². The molecule has 1 nitrogen and oxygen atoms in total. The van der Waals surface area contributed by atoms with Crippen molar-refractivity contribution in [1.29, 1.82) is 0 Å². The lowest BCUT2D eigenvalue weighted by Gasteiger charge is -1.79. The van der Waals surface area contributed by atoms with Gasteiger partial charge in [-0.1, -0.05) is 12.2 Å². The van der Waals surface area contributed by atoms with E-state index in [4.69, 9.17) is 0 Å². The number of nitrogens with one attached hydrogen (secondary N) is 1. The molecule has 0 atom stereocenters. The predicted octanol–water partition coefficient (Wildman–Crippen LogP) is 2.69. The zero-order chi connectivity index (χ0) is 8.49. The Morgan fingerprint density at radius 1 is 0.833 bits per heavy atom. The zero-order valence-electron chi connectivity index (χ0n) is 7.20. The summed E-state index contributed by atoms with van der Waals surface area (Å²) >= 11 is 2.07. The first-order chi connectivity index (χ1) is 6.00. The van der Waals surface area contributed by atoms with Gasteiger partial charge in [0.2, 0.25) is 0 Å². The highest BCUT2D eigenvalue weighted by molar-refractivity contribution is 7.99. The van der Waals surface area contributed by atoms with E-state index in [-0.39, 0.29) is 0 Å². The molecule has 0 radical (unpaired) electrons. The van der Waals surface area contributed by atoms with Crippen molar-refractivity contribution >= 4 is 11.8 Å². The number of hydrogen-bond donors (Lipinski definition) is 1. The van der Waals surface area contributed by atoms with E-state index in [0.29, 0.717) is 0 Å². The van der Waals surface area contributed by atoms with Gasteiger partial charge in [0.15, 0.2) is 0 Å². The van der Waals surface area contributed by atoms with E-state index < -0.39 is 0 Å². The van der Waals surface area contributed by atoms with E-state index in [0.717, 1.165) is 0 Å². The summed E-state index contributed by atoms with van der Waals surface area (Å²) in [6.45, 7) is 0. The molecule has 66 valence electrons. The third-order valence-corrected chi connectivity index (χ3v) is 2.70. The Bertz CT molecular complexity index is 157. The van der Waals surface area contributed by atoms with Gasteiger partial charge in [-0.25, -0.2) is 0 Å². The van der Waals surface area contributed by atoms with Crippen LogP contribution in [0.15, 0.2) is 36.7 Å². The van der Waals surface area contributed by atoms with Gasteiger partial charge in [-0.3, -0.25) is 0 Å². The van der Waals surface area contributed by atoms with Gasteiger partial charge >= 0.3 is 0 Å². The maximum atomic E-state index is 2.92. The molecule has 1 N–H and O–H groups in total. The molecule has 12 heavy (non-hydrogen) atoms. The monoisotopic (exact) mass is 181 g/mol. The van der Waals surface area contributed by atoms with Crippen LogP contribution in [0.25, 0.3) is 0 Å². The molecule has 0 unspecified atom stereocenters. The topological polar surface area (TPSA) is 12.0 Å². The molecule has 0 aliphatic carbocycles. The lowest BCUT2D eigenvalue weighted by molar-refractivity contribution is 0.949. The maximum Gasteiger partial charge on any atom is 0.000442 e. The zero-order valence-corrected chi connectivity index (χ0v) is 8.02. The second kappa shape index (κ2) is 7.04. The second-order valence-electron chi connectivity index (χ2n) is 2.59. The Kier molecular flexibility index (Phi) is 5.55. The fraction of sp³-hybridized carbons (Fsp3) is 0.400. The lowest BCUT2D eigenvalue weighted by Crippen LogP contribution is -1.87. The molecule has 0 amide bonds. The van der Waals surface area contributed by atoms with Crippen LogP contribution in [0.1, 0.15) is 12.8 Å². The standard InChI is InChI=1S/C6H7N.C4H8S/c1-2-4-6-7-5-3-1;1-2-4-5-3-1/h1-7H;1-4H2. The molecule has 0 bridgehead atoms. The molecule has 0 aromatic heterocycles. The Balaban J connectivity index is 0.000000127. The van der Waals surface area contributed by atoms with Gasteiger partial charge in [0.1, 0.15) is 0 Å². The third kappa shape index (κ3) is 5.08. The minimum atomic E-state index is 1.42. The second-order valence-corrected chi connectivity index (χ2v) is 3.81. The molecular weight excluding hydrogens is 166 g/mol. The van der Waals surface area contributed by atoms with Gasteiger partial charge in [-0.05, 0) is 36.5 Å². The number of rotatable bonds is 0. The Hall–Kier alpha value is -0.630. The molecule has 0 aromatic carbocycles. The maximum absolute atomic E-state index is 2.92. The van der Waals surface area contributed by atoms with Gasteiger partial charge in [-0.2, -0.15) is 11.8 Å². The van der Waals surface area contributed by atoms with E-state index in [9.17, 15) is 0 Å². The lowest BCUT2D eigenvalue weighted by atomic mass is 10.4. The van der Waals surface area contributed by atoms with Crippen LogP contribution >= 0.6 is 11.8 Å². The molecule has 1 saturated heterocycles. The van der Waals surface area contributed by atoms with Crippen molar-refractivity contribution in [3.8, 4) is 0 Å². The fourth-order valence-electron chi connectivity index (χ4n) is 0.916. The molecule has 2 aliphatic heterocycles. The van der Waals surface area contributed by atoms with Gasteiger partial charge in [0, 0.05) is 12.4 Å². The summed E-state index contributed by atoms with van der Waals surface area (Å²) < 4.78 is 0. The van der Waals surface area contributed by atoms with Crippen LogP contribution in [0, 0.1) is 0 Å². The number of hydrogen-bond acceptors (Lipinski definition) is 2. The minimum absolute atomic E-state index is 1.42. The molecule has 1 fully saturated rings. The number of allylic oxidation sites excluding steroid dienone is 4. The molecule has 2 heterocycles. The largest absolute Gasteiger partial charge is 0.368 e. The van der Waals surface area contributed by atoms with Crippen molar-refractivity contribution in [3.05, 3.63) is 36.7 Å². The van der Waals surface area contributed by atoms with Crippen LogP contribution in [-0.4, -0.2) is 11.5 Å². The Morgan fingerprint density at radius 2 is 1.42 bits per heavy atom. The highest BCUT2D eigenvalue weighted by Gasteiger charge is 1.95. The first-order valence-corrected chi connectivity index (χ1v) is 5.48. The summed E-state index contributed by atoms with van der Waals surface area (Å²) in [6, 6.07) is 0. The highest BCUT2D eigenvalue weighted by Crippen LogP contribution is 2.14. The van der Waals surface area contributed by atoms with Crippen LogP contribution in [0.2, 0.25) is 0 Å². The van der Waals surface area contributed by atoms with Crippen molar-refractivity contribution in [1.82, 2.24) is 5.32 Å². The SMILES string of the molecule is C1=CC=CNC=C1.C1CCSC1. The van der Waals surface area contributed by atoms with Crippen molar-refractivity contribution in [2.24, 2.45) is 0 Å². The minimum Gasteiger partial charge on any atom is -0.368 e. The fourth-order valence-corrected chi connectivity index (χ4v) is 1.94. The average Bonchev–Trinajstić information content (AvgIpc) is 2.54. The molecule has 0 spiro atoms. The predicted molar refractivity (Wildman–Crippen MR) is 57.1 cm³/mol. The summed E-state index contributed by atoms with van der Waals surface area (Å²) in [5.41, 5.74) is 0. The van der Waals surface area contributed by atoms with E-state index in [1.807, 2.05) is 36.7 Å². The van der Waals surface area contributed by atoms with Crippen LogP contribution in [0.3, 0.4) is 0 Å². The first-order valence-electron chi connectivity index (χ1n) is 4.32. The summed E-state index contributed by atoms with van der Waals surface area (Å²) in [7, 11) is 0. The van der Waals surface area contributed by atoms with Crippen LogP contribution < -0.4 is 5.32 Å². The van der Waals surface area contributed by atoms with Gasteiger partial charge in [0.05, 0.1) is 0 Å². The Morgan fingerprint density at radius 3 is 1.83 bits per heavy atom. The normalized spacial score (nSPS) is 19.3. The van der Waals surface area contributed by atoms with Crippen molar-refractivity contribution in [2.75, 3.05) is 11.5 Å². The summed E-state index contributed by atoms with van der Waals surface area (Å²) in [4.78, 5) is 0. The van der Waals surface area contributed by atoms with E-state index in [1.54, 1.807) is 0 Å². The average molecular weight is 181 g/mol. The first kappa shape index (κ1) is 9.46. The van der Waals surface area contributed by atoms with Gasteiger partial charge < -0.3 is 5.32 Å². The molecular formula is C10H15NS. The molecule has 2 rings (SSSR count). The van der Waals surface area contributed by atoms with E-state index >= 15 is 0 Å². The molecule has 0 saturated carbocycles.